The predicted octanol–water partition coefficient (Wildman–Crippen LogP) is 2.60. The lowest BCUT2D eigenvalue weighted by Crippen LogP contribution is -2.21. The van der Waals surface area contributed by atoms with Gasteiger partial charge in [-0.25, -0.2) is 4.79 Å². The van der Waals surface area contributed by atoms with Gasteiger partial charge in [-0.1, -0.05) is 24.3 Å². The summed E-state index contributed by atoms with van der Waals surface area (Å²) in [4.78, 5) is 35.3. The molecular formula is C19H23N3O4S. The van der Waals surface area contributed by atoms with Crippen LogP contribution in [0, 0.1) is 6.92 Å². The zero-order valence-electron chi connectivity index (χ0n) is 15.6. The standard InChI is InChI=1S/C19H23N3O4S/c1-12-17(18(20-3)27-22-12)19(25)26-11-16(24)15-8-6-14(7-9-15)5-4-10-21-13(2)23/h6-9,20H,4-5,10-11H2,1-3H3,(H,21,23). The Labute approximate surface area is 162 Å². The van der Waals surface area contributed by atoms with Gasteiger partial charge >= 0.3 is 5.97 Å². The number of ketones is 1. The molecule has 2 aromatic rings. The molecule has 0 fully saturated rings. The van der Waals surface area contributed by atoms with Crippen molar-refractivity contribution >= 4 is 34.2 Å². The molecule has 0 atom stereocenters. The number of carbonyl (C=O) groups excluding carboxylic acids is 3. The van der Waals surface area contributed by atoms with Crippen molar-refractivity contribution in [2.24, 2.45) is 0 Å². The molecule has 1 amide bonds. The van der Waals surface area contributed by atoms with Crippen molar-refractivity contribution in [1.29, 1.82) is 0 Å². The van der Waals surface area contributed by atoms with E-state index in [1.54, 1.807) is 26.1 Å². The molecule has 144 valence electrons. The number of rotatable bonds is 9. The summed E-state index contributed by atoms with van der Waals surface area (Å²) in [6.45, 7) is 3.51. The number of Topliss-reactive ketones (excluding diaryl/α,β-unsaturated/α-hetero) is 1. The van der Waals surface area contributed by atoms with E-state index in [1.807, 2.05) is 12.1 Å². The van der Waals surface area contributed by atoms with Crippen LogP contribution in [0.2, 0.25) is 0 Å². The highest BCUT2D eigenvalue weighted by molar-refractivity contribution is 7.10. The van der Waals surface area contributed by atoms with Gasteiger partial charge in [0.25, 0.3) is 0 Å². The van der Waals surface area contributed by atoms with E-state index in [9.17, 15) is 14.4 Å². The Kier molecular flexibility index (Phi) is 7.48. The number of hydrogen-bond acceptors (Lipinski definition) is 7. The summed E-state index contributed by atoms with van der Waals surface area (Å²) in [6.07, 6.45) is 1.63. The second kappa shape index (κ2) is 9.82. The molecule has 27 heavy (non-hydrogen) atoms. The molecule has 1 heterocycles. The number of amides is 1. The highest BCUT2D eigenvalue weighted by Gasteiger charge is 2.20. The maximum absolute atomic E-state index is 12.3. The Bertz CT molecular complexity index is 815. The first-order chi connectivity index (χ1) is 12.9. The van der Waals surface area contributed by atoms with E-state index in [2.05, 4.69) is 15.0 Å². The minimum Gasteiger partial charge on any atom is -0.454 e. The van der Waals surface area contributed by atoms with Gasteiger partial charge in [-0.15, -0.1) is 0 Å². The van der Waals surface area contributed by atoms with Crippen molar-refractivity contribution in [3.63, 3.8) is 0 Å². The summed E-state index contributed by atoms with van der Waals surface area (Å²) in [7, 11) is 1.70. The molecule has 0 saturated carbocycles. The summed E-state index contributed by atoms with van der Waals surface area (Å²) in [5.41, 5.74) is 2.50. The third-order valence-corrected chi connectivity index (χ3v) is 4.88. The number of benzene rings is 1. The summed E-state index contributed by atoms with van der Waals surface area (Å²) in [5.74, 6) is -0.866. The van der Waals surface area contributed by atoms with E-state index in [-0.39, 0.29) is 18.3 Å². The summed E-state index contributed by atoms with van der Waals surface area (Å²) < 4.78 is 9.27. The van der Waals surface area contributed by atoms with Crippen molar-refractivity contribution < 1.29 is 19.1 Å². The average Bonchev–Trinajstić information content (AvgIpc) is 3.04. The first kappa shape index (κ1) is 20.6. The topological polar surface area (TPSA) is 97.4 Å². The average molecular weight is 389 g/mol. The molecule has 0 saturated heterocycles. The molecule has 0 bridgehead atoms. The van der Waals surface area contributed by atoms with Crippen LogP contribution in [0.1, 0.15) is 45.3 Å². The highest BCUT2D eigenvalue weighted by Crippen LogP contribution is 2.24. The van der Waals surface area contributed by atoms with Gasteiger partial charge in [0.15, 0.2) is 12.4 Å². The van der Waals surface area contributed by atoms with Gasteiger partial charge in [-0.05, 0) is 36.9 Å². The number of anilines is 1. The van der Waals surface area contributed by atoms with Crippen LogP contribution < -0.4 is 10.6 Å². The second-order valence-corrected chi connectivity index (χ2v) is 6.78. The van der Waals surface area contributed by atoms with E-state index >= 15 is 0 Å². The van der Waals surface area contributed by atoms with E-state index in [1.165, 1.54) is 18.5 Å². The summed E-state index contributed by atoms with van der Waals surface area (Å²) >= 11 is 1.18. The lowest BCUT2D eigenvalue weighted by molar-refractivity contribution is -0.118. The molecule has 2 rings (SSSR count). The van der Waals surface area contributed by atoms with Crippen molar-refractivity contribution in [3.05, 3.63) is 46.6 Å². The van der Waals surface area contributed by atoms with Gasteiger partial charge in [0, 0.05) is 26.1 Å². The van der Waals surface area contributed by atoms with Crippen LogP contribution in [0.4, 0.5) is 5.00 Å². The number of nitrogens with one attached hydrogen (secondary N) is 2. The maximum Gasteiger partial charge on any atom is 0.343 e. The Hall–Kier alpha value is -2.74. The summed E-state index contributed by atoms with van der Waals surface area (Å²) in [5, 5.41) is 6.26. The number of nitrogens with zero attached hydrogens (tertiary/aromatic N) is 1. The van der Waals surface area contributed by atoms with Gasteiger partial charge in [0.2, 0.25) is 5.91 Å². The van der Waals surface area contributed by atoms with Crippen LogP contribution >= 0.6 is 11.5 Å². The Morgan fingerprint density at radius 1 is 1.19 bits per heavy atom. The molecule has 1 aromatic carbocycles. The first-order valence-electron chi connectivity index (χ1n) is 8.60. The molecule has 0 aliphatic heterocycles. The van der Waals surface area contributed by atoms with Crippen molar-refractivity contribution in [2.75, 3.05) is 25.5 Å². The Morgan fingerprint density at radius 2 is 1.89 bits per heavy atom. The second-order valence-electron chi connectivity index (χ2n) is 6.00. The van der Waals surface area contributed by atoms with Crippen molar-refractivity contribution in [1.82, 2.24) is 9.69 Å². The highest BCUT2D eigenvalue weighted by atomic mass is 32.1. The smallest absolute Gasteiger partial charge is 0.343 e. The largest absolute Gasteiger partial charge is 0.454 e. The SMILES string of the molecule is CNc1snc(C)c1C(=O)OCC(=O)c1ccc(CCCNC(C)=O)cc1. The van der Waals surface area contributed by atoms with Crippen LogP contribution in [0.25, 0.3) is 0 Å². The number of aryl methyl sites for hydroxylation is 2. The van der Waals surface area contributed by atoms with E-state index in [4.69, 9.17) is 4.74 Å². The molecule has 2 N–H and O–H groups in total. The van der Waals surface area contributed by atoms with Crippen LogP contribution in [-0.4, -0.2) is 42.2 Å². The molecule has 0 unspecified atom stereocenters. The fourth-order valence-corrected chi connectivity index (χ4v) is 3.21. The predicted molar refractivity (Wildman–Crippen MR) is 104 cm³/mol. The third kappa shape index (κ3) is 5.89. The minimum absolute atomic E-state index is 0.0410. The maximum atomic E-state index is 12.3. The van der Waals surface area contributed by atoms with Gasteiger partial charge in [0.05, 0.1) is 5.69 Å². The minimum atomic E-state index is -0.562. The van der Waals surface area contributed by atoms with E-state index < -0.39 is 5.97 Å². The van der Waals surface area contributed by atoms with Crippen LogP contribution in [-0.2, 0) is 16.0 Å². The normalized spacial score (nSPS) is 10.3. The number of aromatic nitrogens is 1. The third-order valence-electron chi connectivity index (χ3n) is 3.92. The first-order valence-corrected chi connectivity index (χ1v) is 9.37. The number of carbonyl (C=O) groups is 3. The molecule has 0 spiro atoms. The van der Waals surface area contributed by atoms with Crippen molar-refractivity contribution in [3.8, 4) is 0 Å². The molecule has 1 aromatic heterocycles. The molecule has 0 aliphatic carbocycles. The van der Waals surface area contributed by atoms with E-state index in [0.29, 0.717) is 28.4 Å². The van der Waals surface area contributed by atoms with Gasteiger partial charge < -0.3 is 15.4 Å². The number of ether oxygens (including phenoxy) is 1. The van der Waals surface area contributed by atoms with E-state index in [0.717, 1.165) is 18.4 Å². The molecule has 0 aliphatic rings. The van der Waals surface area contributed by atoms with Gasteiger partial charge in [-0.2, -0.15) is 4.37 Å². The Balaban J connectivity index is 1.86. The Morgan fingerprint density at radius 3 is 2.52 bits per heavy atom. The molecular weight excluding hydrogens is 366 g/mol. The lowest BCUT2D eigenvalue weighted by Gasteiger charge is -2.07. The molecule has 7 nitrogen and oxygen atoms in total. The zero-order valence-corrected chi connectivity index (χ0v) is 16.4. The quantitative estimate of drug-likeness (QED) is 0.389. The lowest BCUT2D eigenvalue weighted by atomic mass is 10.1. The fourth-order valence-electron chi connectivity index (χ4n) is 2.48. The van der Waals surface area contributed by atoms with Gasteiger partial charge in [-0.3, -0.25) is 9.59 Å². The zero-order chi connectivity index (χ0) is 19.8. The number of esters is 1. The molecule has 0 radical (unpaired) electrons. The summed E-state index contributed by atoms with van der Waals surface area (Å²) in [6, 6.07) is 7.18. The van der Waals surface area contributed by atoms with Crippen LogP contribution in [0.15, 0.2) is 24.3 Å². The van der Waals surface area contributed by atoms with Crippen LogP contribution in [0.3, 0.4) is 0 Å². The van der Waals surface area contributed by atoms with Gasteiger partial charge in [0.1, 0.15) is 10.6 Å². The number of hydrogen-bond donors (Lipinski definition) is 2. The van der Waals surface area contributed by atoms with Crippen LogP contribution in [0.5, 0.6) is 0 Å². The fraction of sp³-hybridized carbons (Fsp3) is 0.368. The monoisotopic (exact) mass is 389 g/mol. The molecule has 8 heteroatoms. The van der Waals surface area contributed by atoms with Crippen molar-refractivity contribution in [2.45, 2.75) is 26.7 Å².